The normalized spacial score (nSPS) is 13.8. The topological polar surface area (TPSA) is 32.3 Å². The van der Waals surface area contributed by atoms with E-state index in [1.165, 1.54) is 12.1 Å². The van der Waals surface area contributed by atoms with Crippen LogP contribution in [0.2, 0.25) is 0 Å². The second-order valence-corrected chi connectivity index (χ2v) is 7.22. The molecule has 0 aliphatic rings. The largest absolute Gasteiger partial charge is 0.416 e. The van der Waals surface area contributed by atoms with Gasteiger partial charge in [0.25, 0.3) is 0 Å². The average Bonchev–Trinajstić information content (AvgIpc) is 2.73. The molecule has 0 bridgehead atoms. The minimum atomic E-state index is -4.41. The molecule has 0 heterocycles. The number of rotatable bonds is 7. The van der Waals surface area contributed by atoms with Crippen molar-refractivity contribution in [3.8, 4) is 11.1 Å². The van der Waals surface area contributed by atoms with Gasteiger partial charge in [-0.25, -0.2) is 0 Å². The maximum atomic E-state index is 12.8. The van der Waals surface area contributed by atoms with Crippen LogP contribution in [0.4, 0.5) is 13.2 Å². The third-order valence-electron chi connectivity index (χ3n) is 4.86. The van der Waals surface area contributed by atoms with E-state index in [0.717, 1.165) is 35.2 Å². The van der Waals surface area contributed by atoms with E-state index < -0.39 is 17.8 Å². The summed E-state index contributed by atoms with van der Waals surface area (Å²) in [4.78, 5) is 0. The number of aliphatic hydroxyl groups excluding tert-OH is 1. The molecule has 0 spiro atoms. The van der Waals surface area contributed by atoms with Crippen molar-refractivity contribution >= 4 is 0 Å². The van der Waals surface area contributed by atoms with E-state index in [9.17, 15) is 18.3 Å². The van der Waals surface area contributed by atoms with Gasteiger partial charge in [0.1, 0.15) is 0 Å². The van der Waals surface area contributed by atoms with Crippen molar-refractivity contribution in [3.05, 3.63) is 95.6 Å². The predicted octanol–water partition coefficient (Wildman–Crippen LogP) is 5.63. The number of nitrogens with one attached hydrogen (secondary N) is 1. The first-order valence-corrected chi connectivity index (χ1v) is 9.56. The molecule has 2 nitrogen and oxygen atoms in total. The lowest BCUT2D eigenvalue weighted by Crippen LogP contribution is -2.32. The second kappa shape index (κ2) is 9.25. The summed E-state index contributed by atoms with van der Waals surface area (Å²) >= 11 is 0. The lowest BCUT2D eigenvalue weighted by Gasteiger charge is -2.18. The van der Waals surface area contributed by atoms with Gasteiger partial charge in [-0.3, -0.25) is 0 Å². The van der Waals surface area contributed by atoms with Crippen LogP contribution in [0, 0.1) is 0 Å². The van der Waals surface area contributed by atoms with Gasteiger partial charge in [-0.2, -0.15) is 13.2 Å². The molecule has 152 valence electrons. The summed E-state index contributed by atoms with van der Waals surface area (Å²) in [6.07, 6.45) is -4.66. The Kier molecular flexibility index (Phi) is 6.72. The quantitative estimate of drug-likeness (QED) is 0.540. The van der Waals surface area contributed by atoms with E-state index in [2.05, 4.69) is 41.7 Å². The maximum absolute atomic E-state index is 12.8. The Bertz CT molecular complexity index is 907. The molecule has 0 aliphatic carbocycles. The van der Waals surface area contributed by atoms with Crippen LogP contribution in [0.25, 0.3) is 11.1 Å². The first-order valence-electron chi connectivity index (χ1n) is 9.56. The van der Waals surface area contributed by atoms with Crippen LogP contribution in [0.1, 0.15) is 29.7 Å². The fraction of sp³-hybridized carbons (Fsp3) is 0.250. The number of alkyl halides is 3. The van der Waals surface area contributed by atoms with E-state index in [4.69, 9.17) is 0 Å². The van der Waals surface area contributed by atoms with Crippen molar-refractivity contribution in [2.24, 2.45) is 0 Å². The van der Waals surface area contributed by atoms with Gasteiger partial charge in [-0.1, -0.05) is 66.7 Å². The Morgan fingerprint density at radius 3 is 2.17 bits per heavy atom. The molecule has 2 atom stereocenters. The number of halogens is 3. The zero-order valence-corrected chi connectivity index (χ0v) is 16.2. The fourth-order valence-corrected chi connectivity index (χ4v) is 3.24. The van der Waals surface area contributed by atoms with Gasteiger partial charge < -0.3 is 10.4 Å². The molecule has 3 rings (SSSR count). The average molecular weight is 399 g/mol. The zero-order chi connectivity index (χ0) is 20.9. The first-order chi connectivity index (χ1) is 13.8. The van der Waals surface area contributed by atoms with Crippen molar-refractivity contribution in [2.75, 3.05) is 6.54 Å². The molecule has 2 unspecified atom stereocenters. The van der Waals surface area contributed by atoms with E-state index in [0.29, 0.717) is 0 Å². The minimum Gasteiger partial charge on any atom is -0.387 e. The zero-order valence-electron chi connectivity index (χ0n) is 16.2. The summed E-state index contributed by atoms with van der Waals surface area (Å²) in [6.45, 7) is 2.18. The molecule has 0 amide bonds. The Morgan fingerprint density at radius 2 is 1.52 bits per heavy atom. The van der Waals surface area contributed by atoms with Gasteiger partial charge in [0.2, 0.25) is 0 Å². The molecule has 0 saturated heterocycles. The van der Waals surface area contributed by atoms with E-state index in [1.807, 2.05) is 25.1 Å². The van der Waals surface area contributed by atoms with Crippen molar-refractivity contribution < 1.29 is 18.3 Å². The SMILES string of the molecule is CC(Cc1ccc(-c2ccccc2)cc1)NCC(O)c1cccc(C(F)(F)F)c1. The Morgan fingerprint density at radius 1 is 0.862 bits per heavy atom. The lowest BCUT2D eigenvalue weighted by atomic mass is 10.0. The summed E-state index contributed by atoms with van der Waals surface area (Å²) in [7, 11) is 0. The van der Waals surface area contributed by atoms with E-state index >= 15 is 0 Å². The number of aliphatic hydroxyl groups is 1. The van der Waals surface area contributed by atoms with Gasteiger partial charge in [-0.05, 0) is 47.7 Å². The van der Waals surface area contributed by atoms with E-state index in [1.54, 1.807) is 0 Å². The summed E-state index contributed by atoms with van der Waals surface area (Å²) in [5.74, 6) is 0. The van der Waals surface area contributed by atoms with Crippen LogP contribution in [-0.2, 0) is 12.6 Å². The summed E-state index contributed by atoms with van der Waals surface area (Å²) in [6, 6.07) is 23.3. The molecule has 3 aromatic rings. The number of hydrogen-bond donors (Lipinski definition) is 2. The van der Waals surface area contributed by atoms with Crippen LogP contribution in [0.15, 0.2) is 78.9 Å². The van der Waals surface area contributed by atoms with Crippen LogP contribution in [0.3, 0.4) is 0 Å². The highest BCUT2D eigenvalue weighted by Gasteiger charge is 2.30. The summed E-state index contributed by atoms with van der Waals surface area (Å²) in [5, 5.41) is 13.5. The molecular weight excluding hydrogens is 375 g/mol. The molecule has 0 aliphatic heterocycles. The van der Waals surface area contributed by atoms with Gasteiger partial charge in [0, 0.05) is 12.6 Å². The first kappa shape index (κ1) is 21.1. The van der Waals surface area contributed by atoms with Crippen molar-refractivity contribution in [1.29, 1.82) is 0 Å². The minimum absolute atomic E-state index is 0.0676. The van der Waals surface area contributed by atoms with Crippen LogP contribution < -0.4 is 5.32 Å². The molecule has 2 N–H and O–H groups in total. The monoisotopic (exact) mass is 399 g/mol. The van der Waals surface area contributed by atoms with Gasteiger partial charge in [0.05, 0.1) is 11.7 Å². The predicted molar refractivity (Wildman–Crippen MR) is 109 cm³/mol. The highest BCUT2D eigenvalue weighted by atomic mass is 19.4. The Hall–Kier alpha value is -2.63. The second-order valence-electron chi connectivity index (χ2n) is 7.22. The van der Waals surface area contributed by atoms with Gasteiger partial charge in [0.15, 0.2) is 0 Å². The lowest BCUT2D eigenvalue weighted by molar-refractivity contribution is -0.137. The van der Waals surface area contributed by atoms with Gasteiger partial charge >= 0.3 is 6.18 Å². The third kappa shape index (κ3) is 5.92. The number of benzene rings is 3. The molecule has 0 aromatic heterocycles. The standard InChI is InChI=1S/C24H24F3NO/c1-17(14-18-10-12-20(13-11-18)19-6-3-2-4-7-19)28-16-23(29)21-8-5-9-22(15-21)24(25,26)27/h2-13,15,17,23,28-29H,14,16H2,1H3. The molecule has 0 radical (unpaired) electrons. The van der Waals surface area contributed by atoms with Crippen LogP contribution >= 0.6 is 0 Å². The molecular formula is C24H24F3NO. The van der Waals surface area contributed by atoms with Crippen LogP contribution in [0.5, 0.6) is 0 Å². The summed E-state index contributed by atoms with van der Waals surface area (Å²) < 4.78 is 38.5. The third-order valence-corrected chi connectivity index (χ3v) is 4.86. The number of hydrogen-bond acceptors (Lipinski definition) is 2. The molecule has 5 heteroatoms. The maximum Gasteiger partial charge on any atom is 0.416 e. The highest BCUT2D eigenvalue weighted by molar-refractivity contribution is 5.63. The Balaban J connectivity index is 1.54. The van der Waals surface area contributed by atoms with Crippen molar-refractivity contribution in [3.63, 3.8) is 0 Å². The van der Waals surface area contributed by atoms with Crippen molar-refractivity contribution in [2.45, 2.75) is 31.7 Å². The fourth-order valence-electron chi connectivity index (χ4n) is 3.24. The highest BCUT2D eigenvalue weighted by Crippen LogP contribution is 2.30. The van der Waals surface area contributed by atoms with Crippen LogP contribution in [-0.4, -0.2) is 17.7 Å². The van der Waals surface area contributed by atoms with E-state index in [-0.39, 0.29) is 18.2 Å². The smallest absolute Gasteiger partial charge is 0.387 e. The Labute approximate surface area is 169 Å². The molecule has 0 saturated carbocycles. The molecule has 3 aromatic carbocycles. The van der Waals surface area contributed by atoms with Gasteiger partial charge in [-0.15, -0.1) is 0 Å². The van der Waals surface area contributed by atoms with Crippen molar-refractivity contribution in [1.82, 2.24) is 5.32 Å². The molecule has 29 heavy (non-hydrogen) atoms. The molecule has 0 fully saturated rings. The summed E-state index contributed by atoms with van der Waals surface area (Å²) in [5.41, 5.74) is 2.97.